The van der Waals surface area contributed by atoms with Crippen LogP contribution < -0.4 is 5.73 Å². The Morgan fingerprint density at radius 3 is 2.64 bits per heavy atom. The summed E-state index contributed by atoms with van der Waals surface area (Å²) in [6.45, 7) is 2.67. The number of benzene rings is 1. The average Bonchev–Trinajstić information content (AvgIpc) is 2.04. The third-order valence-electron chi connectivity index (χ3n) is 1.77. The first-order valence-corrected chi connectivity index (χ1v) is 4.21. The van der Waals surface area contributed by atoms with Gasteiger partial charge in [0.1, 0.15) is 0 Å². The molecule has 0 aromatic heterocycles. The van der Waals surface area contributed by atoms with Gasteiger partial charge < -0.3 is 5.73 Å². The minimum atomic E-state index is 0.177. The Balaban J connectivity index is 2.93. The molecule has 0 aliphatic rings. The van der Waals surface area contributed by atoms with E-state index in [-0.39, 0.29) is 5.25 Å². The summed E-state index contributed by atoms with van der Waals surface area (Å²) in [6.07, 6.45) is 0. The molecule has 1 nitrogen and oxygen atoms in total. The summed E-state index contributed by atoms with van der Waals surface area (Å²) in [7, 11) is 0. The zero-order chi connectivity index (χ0) is 8.27. The standard InChI is InChI=1S/C9H13NS/c1-7-4-2-3-5-8(7)9(11)6-10/h2-5,9,11H,6,10H2,1H3. The molecule has 1 atom stereocenters. The quantitative estimate of drug-likeness (QED) is 0.647. The highest BCUT2D eigenvalue weighted by Gasteiger charge is 2.04. The molecular formula is C9H13NS. The van der Waals surface area contributed by atoms with E-state index in [1.54, 1.807) is 0 Å². The number of hydrogen-bond acceptors (Lipinski definition) is 2. The Bertz CT molecular complexity index is 235. The van der Waals surface area contributed by atoms with Gasteiger partial charge >= 0.3 is 0 Å². The van der Waals surface area contributed by atoms with Gasteiger partial charge in [-0.15, -0.1) is 0 Å². The van der Waals surface area contributed by atoms with Crippen molar-refractivity contribution in [2.75, 3.05) is 6.54 Å². The normalized spacial score (nSPS) is 13.0. The van der Waals surface area contributed by atoms with Gasteiger partial charge in [-0.2, -0.15) is 12.6 Å². The summed E-state index contributed by atoms with van der Waals surface area (Å²) < 4.78 is 0. The molecule has 0 spiro atoms. The van der Waals surface area contributed by atoms with Crippen molar-refractivity contribution >= 4 is 12.6 Å². The fourth-order valence-electron chi connectivity index (χ4n) is 1.09. The van der Waals surface area contributed by atoms with E-state index in [0.717, 1.165) is 0 Å². The largest absolute Gasteiger partial charge is 0.329 e. The lowest BCUT2D eigenvalue weighted by atomic mass is 10.1. The molecule has 2 N–H and O–H groups in total. The molecular weight excluding hydrogens is 154 g/mol. The maximum Gasteiger partial charge on any atom is 0.0392 e. The molecule has 0 aliphatic heterocycles. The zero-order valence-corrected chi connectivity index (χ0v) is 7.51. The Hall–Kier alpha value is -0.470. The minimum Gasteiger partial charge on any atom is -0.329 e. The van der Waals surface area contributed by atoms with Gasteiger partial charge in [0.2, 0.25) is 0 Å². The van der Waals surface area contributed by atoms with Crippen LogP contribution in [0.4, 0.5) is 0 Å². The van der Waals surface area contributed by atoms with Crippen LogP contribution in [-0.4, -0.2) is 6.54 Å². The number of nitrogens with two attached hydrogens (primary N) is 1. The van der Waals surface area contributed by atoms with E-state index in [4.69, 9.17) is 5.73 Å². The molecule has 0 aliphatic carbocycles. The third kappa shape index (κ3) is 1.98. The van der Waals surface area contributed by atoms with E-state index in [1.165, 1.54) is 11.1 Å². The summed E-state index contributed by atoms with van der Waals surface area (Å²) in [5, 5.41) is 0.177. The number of thiol groups is 1. The average molecular weight is 167 g/mol. The lowest BCUT2D eigenvalue weighted by molar-refractivity contribution is 0.939. The van der Waals surface area contributed by atoms with Crippen LogP contribution in [-0.2, 0) is 0 Å². The smallest absolute Gasteiger partial charge is 0.0392 e. The molecule has 1 rings (SSSR count). The number of hydrogen-bond donors (Lipinski definition) is 2. The lowest BCUT2D eigenvalue weighted by Crippen LogP contribution is -2.07. The molecule has 0 heterocycles. The summed E-state index contributed by atoms with van der Waals surface area (Å²) in [6, 6.07) is 8.19. The first-order chi connectivity index (χ1) is 5.25. The maximum atomic E-state index is 5.50. The molecule has 0 saturated heterocycles. The molecule has 0 amide bonds. The van der Waals surface area contributed by atoms with Gasteiger partial charge in [0.25, 0.3) is 0 Å². The molecule has 11 heavy (non-hydrogen) atoms. The molecule has 0 radical (unpaired) electrons. The molecule has 2 heteroatoms. The first kappa shape index (κ1) is 8.62. The van der Waals surface area contributed by atoms with E-state index in [1.807, 2.05) is 12.1 Å². The molecule has 0 bridgehead atoms. The molecule has 1 aromatic carbocycles. The molecule has 1 unspecified atom stereocenters. The topological polar surface area (TPSA) is 26.0 Å². The fraction of sp³-hybridized carbons (Fsp3) is 0.333. The van der Waals surface area contributed by atoms with Crippen molar-refractivity contribution < 1.29 is 0 Å². The van der Waals surface area contributed by atoms with Gasteiger partial charge in [0, 0.05) is 11.8 Å². The van der Waals surface area contributed by atoms with Crippen LogP contribution in [0.1, 0.15) is 16.4 Å². The van der Waals surface area contributed by atoms with Crippen LogP contribution in [0.5, 0.6) is 0 Å². The SMILES string of the molecule is Cc1ccccc1C(S)CN. The first-order valence-electron chi connectivity index (χ1n) is 3.69. The predicted molar refractivity (Wildman–Crippen MR) is 52.0 cm³/mol. The van der Waals surface area contributed by atoms with Gasteiger partial charge in [-0.1, -0.05) is 24.3 Å². The van der Waals surface area contributed by atoms with E-state index in [2.05, 4.69) is 31.7 Å². The van der Waals surface area contributed by atoms with Gasteiger partial charge in [-0.25, -0.2) is 0 Å². The molecule has 1 aromatic rings. The van der Waals surface area contributed by atoms with Gasteiger partial charge in [-0.05, 0) is 18.1 Å². The highest BCUT2D eigenvalue weighted by molar-refractivity contribution is 7.80. The second kappa shape index (κ2) is 3.79. The Labute approximate surface area is 73.0 Å². The Kier molecular flexibility index (Phi) is 2.97. The zero-order valence-electron chi connectivity index (χ0n) is 6.62. The van der Waals surface area contributed by atoms with Crippen molar-refractivity contribution in [1.29, 1.82) is 0 Å². The lowest BCUT2D eigenvalue weighted by Gasteiger charge is -2.10. The van der Waals surface area contributed by atoms with Crippen molar-refractivity contribution in [3.05, 3.63) is 35.4 Å². The van der Waals surface area contributed by atoms with Gasteiger partial charge in [0.15, 0.2) is 0 Å². The number of aryl methyl sites for hydroxylation is 1. The predicted octanol–water partition coefficient (Wildman–Crippen LogP) is 1.92. The fourth-order valence-corrected chi connectivity index (χ4v) is 1.38. The minimum absolute atomic E-state index is 0.177. The summed E-state index contributed by atoms with van der Waals surface area (Å²) in [5.74, 6) is 0. The maximum absolute atomic E-state index is 5.50. The van der Waals surface area contributed by atoms with Crippen molar-refractivity contribution in [2.24, 2.45) is 5.73 Å². The van der Waals surface area contributed by atoms with E-state index < -0.39 is 0 Å². The highest BCUT2D eigenvalue weighted by atomic mass is 32.1. The van der Waals surface area contributed by atoms with Crippen LogP contribution in [0.25, 0.3) is 0 Å². The van der Waals surface area contributed by atoms with Crippen molar-refractivity contribution in [3.63, 3.8) is 0 Å². The second-order valence-electron chi connectivity index (χ2n) is 2.61. The Morgan fingerprint density at radius 1 is 1.45 bits per heavy atom. The summed E-state index contributed by atoms with van der Waals surface area (Å²) >= 11 is 4.36. The van der Waals surface area contributed by atoms with Crippen molar-refractivity contribution in [2.45, 2.75) is 12.2 Å². The van der Waals surface area contributed by atoms with Gasteiger partial charge in [-0.3, -0.25) is 0 Å². The van der Waals surface area contributed by atoms with E-state index >= 15 is 0 Å². The van der Waals surface area contributed by atoms with Crippen LogP contribution >= 0.6 is 12.6 Å². The van der Waals surface area contributed by atoms with Crippen molar-refractivity contribution in [3.8, 4) is 0 Å². The van der Waals surface area contributed by atoms with Crippen molar-refractivity contribution in [1.82, 2.24) is 0 Å². The van der Waals surface area contributed by atoms with Crippen LogP contribution in [0.3, 0.4) is 0 Å². The van der Waals surface area contributed by atoms with Gasteiger partial charge in [0.05, 0.1) is 0 Å². The summed E-state index contributed by atoms with van der Waals surface area (Å²) in [5.41, 5.74) is 7.99. The van der Waals surface area contributed by atoms with E-state index in [9.17, 15) is 0 Å². The van der Waals surface area contributed by atoms with Crippen LogP contribution in [0.15, 0.2) is 24.3 Å². The molecule has 60 valence electrons. The third-order valence-corrected chi connectivity index (χ3v) is 2.26. The van der Waals surface area contributed by atoms with Crippen LogP contribution in [0, 0.1) is 6.92 Å². The summed E-state index contributed by atoms with van der Waals surface area (Å²) in [4.78, 5) is 0. The molecule has 0 fully saturated rings. The second-order valence-corrected chi connectivity index (χ2v) is 3.23. The Morgan fingerprint density at radius 2 is 2.09 bits per heavy atom. The van der Waals surface area contributed by atoms with E-state index in [0.29, 0.717) is 6.54 Å². The number of rotatable bonds is 2. The molecule has 0 saturated carbocycles. The highest BCUT2D eigenvalue weighted by Crippen LogP contribution is 2.21. The van der Waals surface area contributed by atoms with Crippen LogP contribution in [0.2, 0.25) is 0 Å². The monoisotopic (exact) mass is 167 g/mol.